The van der Waals surface area contributed by atoms with Gasteiger partial charge in [-0.2, -0.15) is 0 Å². The molecule has 0 spiro atoms. The summed E-state index contributed by atoms with van der Waals surface area (Å²) in [5.41, 5.74) is 1.25. The van der Waals surface area contributed by atoms with Crippen LogP contribution in [0.25, 0.3) is 0 Å². The lowest BCUT2D eigenvalue weighted by molar-refractivity contribution is 0.213. The van der Waals surface area contributed by atoms with Crippen LogP contribution in [0.3, 0.4) is 0 Å². The first-order valence-electron chi connectivity index (χ1n) is 6.89. The Kier molecular flexibility index (Phi) is 6.81. The summed E-state index contributed by atoms with van der Waals surface area (Å²) in [6, 6.07) is 8.13. The lowest BCUT2D eigenvalue weighted by Gasteiger charge is -2.15. The standard InChI is InChI=1S/C16H26O2/c1-13(2)6-4-8-15(12-17)10-14-7-5-9-16(11-14)18-3/h5,7,9,11,13,15,17H,4,6,8,10,12H2,1-3H3. The third-order valence-electron chi connectivity index (χ3n) is 3.31. The second-order valence-electron chi connectivity index (χ2n) is 5.43. The molecule has 1 rings (SSSR count). The molecule has 0 saturated carbocycles. The second-order valence-corrected chi connectivity index (χ2v) is 5.43. The van der Waals surface area contributed by atoms with Gasteiger partial charge in [-0.15, -0.1) is 0 Å². The Morgan fingerprint density at radius 1 is 1.22 bits per heavy atom. The smallest absolute Gasteiger partial charge is 0.119 e. The molecule has 2 heteroatoms. The van der Waals surface area contributed by atoms with E-state index in [9.17, 15) is 5.11 Å². The molecule has 1 N–H and O–H groups in total. The van der Waals surface area contributed by atoms with E-state index in [0.717, 1.165) is 24.5 Å². The predicted octanol–water partition coefficient (Wildman–Crippen LogP) is 3.67. The summed E-state index contributed by atoms with van der Waals surface area (Å²) < 4.78 is 5.22. The lowest BCUT2D eigenvalue weighted by atomic mass is 9.93. The number of aliphatic hydroxyl groups excluding tert-OH is 1. The molecule has 0 bridgehead atoms. The topological polar surface area (TPSA) is 29.5 Å². The monoisotopic (exact) mass is 250 g/mol. The highest BCUT2D eigenvalue weighted by Crippen LogP contribution is 2.20. The Morgan fingerprint density at radius 3 is 2.61 bits per heavy atom. The Balaban J connectivity index is 2.46. The van der Waals surface area contributed by atoms with E-state index in [-0.39, 0.29) is 6.61 Å². The van der Waals surface area contributed by atoms with Crippen molar-refractivity contribution in [2.24, 2.45) is 11.8 Å². The van der Waals surface area contributed by atoms with Crippen LogP contribution in [0.1, 0.15) is 38.7 Å². The Hall–Kier alpha value is -1.02. The van der Waals surface area contributed by atoms with Crippen LogP contribution >= 0.6 is 0 Å². The minimum absolute atomic E-state index is 0.273. The second kappa shape index (κ2) is 8.15. The molecule has 0 aliphatic carbocycles. The number of hydrogen-bond donors (Lipinski definition) is 1. The molecular weight excluding hydrogens is 224 g/mol. The van der Waals surface area contributed by atoms with Crippen LogP contribution in [-0.4, -0.2) is 18.8 Å². The fourth-order valence-corrected chi connectivity index (χ4v) is 2.21. The molecule has 0 aliphatic rings. The molecule has 0 aliphatic heterocycles. The number of hydrogen-bond acceptors (Lipinski definition) is 2. The van der Waals surface area contributed by atoms with Gasteiger partial charge in [-0.25, -0.2) is 0 Å². The molecule has 102 valence electrons. The molecule has 0 saturated heterocycles. The molecule has 1 unspecified atom stereocenters. The lowest BCUT2D eigenvalue weighted by Crippen LogP contribution is -2.10. The van der Waals surface area contributed by atoms with E-state index in [2.05, 4.69) is 26.0 Å². The van der Waals surface area contributed by atoms with Gasteiger partial charge < -0.3 is 9.84 Å². The zero-order chi connectivity index (χ0) is 13.4. The third kappa shape index (κ3) is 5.54. The number of rotatable bonds is 8. The summed E-state index contributed by atoms with van der Waals surface area (Å²) in [7, 11) is 1.69. The number of benzene rings is 1. The van der Waals surface area contributed by atoms with E-state index in [4.69, 9.17) is 4.74 Å². The van der Waals surface area contributed by atoms with Crippen LogP contribution in [0.5, 0.6) is 5.75 Å². The average Bonchev–Trinajstić information content (AvgIpc) is 2.37. The molecule has 0 radical (unpaired) electrons. The van der Waals surface area contributed by atoms with Gasteiger partial charge in [0.15, 0.2) is 0 Å². The van der Waals surface area contributed by atoms with Crippen molar-refractivity contribution < 1.29 is 9.84 Å². The molecule has 18 heavy (non-hydrogen) atoms. The van der Waals surface area contributed by atoms with E-state index < -0.39 is 0 Å². The van der Waals surface area contributed by atoms with Crippen LogP contribution in [0.15, 0.2) is 24.3 Å². The average molecular weight is 250 g/mol. The van der Waals surface area contributed by atoms with Gasteiger partial charge in [0.2, 0.25) is 0 Å². The molecule has 0 amide bonds. The van der Waals surface area contributed by atoms with Crippen molar-refractivity contribution >= 4 is 0 Å². The molecule has 0 heterocycles. The summed E-state index contributed by atoms with van der Waals surface area (Å²) in [4.78, 5) is 0. The number of aliphatic hydroxyl groups is 1. The molecule has 1 aromatic carbocycles. The predicted molar refractivity (Wildman–Crippen MR) is 76.0 cm³/mol. The zero-order valence-electron chi connectivity index (χ0n) is 11.9. The van der Waals surface area contributed by atoms with E-state index in [1.165, 1.54) is 18.4 Å². The van der Waals surface area contributed by atoms with E-state index >= 15 is 0 Å². The Bertz CT molecular complexity index is 334. The van der Waals surface area contributed by atoms with Gasteiger partial charge >= 0.3 is 0 Å². The normalized spacial score (nSPS) is 12.7. The minimum atomic E-state index is 0.273. The first-order valence-corrected chi connectivity index (χ1v) is 6.89. The summed E-state index contributed by atoms with van der Waals surface area (Å²) in [5, 5.41) is 9.45. The minimum Gasteiger partial charge on any atom is -0.497 e. The van der Waals surface area contributed by atoms with Gasteiger partial charge in [0, 0.05) is 6.61 Å². The van der Waals surface area contributed by atoms with E-state index in [1.807, 2.05) is 12.1 Å². The summed E-state index contributed by atoms with van der Waals surface area (Å²) in [5.74, 6) is 2.02. The molecular formula is C16H26O2. The molecule has 1 atom stereocenters. The highest BCUT2D eigenvalue weighted by Gasteiger charge is 2.09. The Labute approximate surface area is 111 Å². The van der Waals surface area contributed by atoms with Gasteiger partial charge in [-0.05, 0) is 42.4 Å². The van der Waals surface area contributed by atoms with Gasteiger partial charge in [-0.3, -0.25) is 0 Å². The van der Waals surface area contributed by atoms with Crippen molar-refractivity contribution in [3.8, 4) is 5.75 Å². The fourth-order valence-electron chi connectivity index (χ4n) is 2.21. The highest BCUT2D eigenvalue weighted by atomic mass is 16.5. The maximum Gasteiger partial charge on any atom is 0.119 e. The Morgan fingerprint density at radius 2 is 2.00 bits per heavy atom. The first kappa shape index (κ1) is 15.0. The van der Waals surface area contributed by atoms with Crippen LogP contribution < -0.4 is 4.74 Å². The highest BCUT2D eigenvalue weighted by molar-refractivity contribution is 5.28. The summed E-state index contributed by atoms with van der Waals surface area (Å²) in [6.07, 6.45) is 4.49. The number of methoxy groups -OCH3 is 1. The summed E-state index contributed by atoms with van der Waals surface area (Å²) in [6.45, 7) is 4.77. The molecule has 1 aromatic rings. The van der Waals surface area contributed by atoms with Crippen molar-refractivity contribution in [1.29, 1.82) is 0 Å². The van der Waals surface area contributed by atoms with Gasteiger partial charge in [-0.1, -0.05) is 38.8 Å². The first-order chi connectivity index (χ1) is 8.65. The van der Waals surface area contributed by atoms with Crippen molar-refractivity contribution in [3.63, 3.8) is 0 Å². The quantitative estimate of drug-likeness (QED) is 0.762. The summed E-state index contributed by atoms with van der Waals surface area (Å²) >= 11 is 0. The zero-order valence-corrected chi connectivity index (χ0v) is 11.9. The molecule has 0 fully saturated rings. The van der Waals surface area contributed by atoms with Crippen molar-refractivity contribution in [2.45, 2.75) is 39.5 Å². The van der Waals surface area contributed by atoms with E-state index in [1.54, 1.807) is 7.11 Å². The molecule has 2 nitrogen and oxygen atoms in total. The van der Waals surface area contributed by atoms with Gasteiger partial charge in [0.1, 0.15) is 5.75 Å². The maximum absolute atomic E-state index is 9.45. The SMILES string of the molecule is COc1cccc(CC(CO)CCCC(C)C)c1. The van der Waals surface area contributed by atoms with Crippen molar-refractivity contribution in [3.05, 3.63) is 29.8 Å². The van der Waals surface area contributed by atoms with Gasteiger partial charge in [0.05, 0.1) is 7.11 Å². The van der Waals surface area contributed by atoms with Crippen LogP contribution in [0.2, 0.25) is 0 Å². The molecule has 0 aromatic heterocycles. The fraction of sp³-hybridized carbons (Fsp3) is 0.625. The van der Waals surface area contributed by atoms with Crippen molar-refractivity contribution in [1.82, 2.24) is 0 Å². The van der Waals surface area contributed by atoms with E-state index in [0.29, 0.717) is 5.92 Å². The maximum atomic E-state index is 9.45. The number of ether oxygens (including phenoxy) is 1. The van der Waals surface area contributed by atoms with Gasteiger partial charge in [0.25, 0.3) is 0 Å². The van der Waals surface area contributed by atoms with Crippen molar-refractivity contribution in [2.75, 3.05) is 13.7 Å². The van der Waals surface area contributed by atoms with Crippen LogP contribution in [0, 0.1) is 11.8 Å². The largest absolute Gasteiger partial charge is 0.497 e. The van der Waals surface area contributed by atoms with Crippen LogP contribution in [0.4, 0.5) is 0 Å². The third-order valence-corrected chi connectivity index (χ3v) is 3.31. The van der Waals surface area contributed by atoms with Crippen LogP contribution in [-0.2, 0) is 6.42 Å².